The fourth-order valence-electron chi connectivity index (χ4n) is 2.49. The average molecular weight is 352 g/mol. The van der Waals surface area contributed by atoms with E-state index in [1.54, 1.807) is 18.2 Å². The molecule has 0 spiro atoms. The molecule has 0 radical (unpaired) electrons. The van der Waals surface area contributed by atoms with Crippen LogP contribution in [0.15, 0.2) is 67.0 Å². The van der Waals surface area contributed by atoms with Gasteiger partial charge in [0.2, 0.25) is 0 Å². The van der Waals surface area contributed by atoms with E-state index in [0.717, 1.165) is 11.3 Å². The number of aryl methyl sites for hydroxylation is 1. The number of hydrogen-bond acceptors (Lipinski definition) is 3. The van der Waals surface area contributed by atoms with Crippen LogP contribution in [0.1, 0.15) is 15.9 Å². The molecule has 3 rings (SSSR count). The van der Waals surface area contributed by atoms with E-state index in [-0.39, 0.29) is 0 Å². The molecule has 0 bridgehead atoms. The lowest BCUT2D eigenvalue weighted by Gasteiger charge is -2.10. The number of anilines is 1. The lowest BCUT2D eigenvalue weighted by molar-refractivity contribution is -0.119. The number of carbonyl (C=O) groups excluding carboxylic acids is 2. The fourth-order valence-corrected chi connectivity index (χ4v) is 2.49. The van der Waals surface area contributed by atoms with Gasteiger partial charge >= 0.3 is 5.97 Å². The Bertz CT molecular complexity index is 936. The van der Waals surface area contributed by atoms with Crippen LogP contribution in [0.25, 0.3) is 5.69 Å². The molecule has 1 aromatic heterocycles. The van der Waals surface area contributed by atoms with E-state index in [1.807, 2.05) is 42.1 Å². The minimum atomic E-state index is -0.604. The average Bonchev–Trinajstić information content (AvgIpc) is 3.14. The van der Waals surface area contributed by atoms with E-state index in [9.17, 15) is 14.0 Å². The first kappa shape index (κ1) is 17.4. The summed E-state index contributed by atoms with van der Waals surface area (Å²) in [4.78, 5) is 24.1. The van der Waals surface area contributed by atoms with Crippen LogP contribution >= 0.6 is 0 Å². The highest BCUT2D eigenvalue weighted by Gasteiger charge is 2.13. The maximum atomic E-state index is 13.1. The highest BCUT2D eigenvalue weighted by atomic mass is 19.1. The maximum Gasteiger partial charge on any atom is 0.338 e. The van der Waals surface area contributed by atoms with E-state index >= 15 is 0 Å². The second kappa shape index (κ2) is 7.65. The zero-order valence-corrected chi connectivity index (χ0v) is 14.1. The zero-order valence-electron chi connectivity index (χ0n) is 14.1. The van der Waals surface area contributed by atoms with Crippen molar-refractivity contribution in [2.24, 2.45) is 0 Å². The van der Waals surface area contributed by atoms with Crippen LogP contribution < -0.4 is 5.32 Å². The van der Waals surface area contributed by atoms with Gasteiger partial charge in [0.05, 0.1) is 5.56 Å². The molecule has 0 saturated carbocycles. The predicted molar refractivity (Wildman–Crippen MR) is 95.8 cm³/mol. The number of ether oxygens (including phenoxy) is 1. The molecule has 0 fully saturated rings. The summed E-state index contributed by atoms with van der Waals surface area (Å²) in [6.45, 7) is 1.49. The summed E-state index contributed by atoms with van der Waals surface area (Å²) in [6.07, 6.45) is 3.76. The molecule has 0 aliphatic carbocycles. The van der Waals surface area contributed by atoms with Gasteiger partial charge in [-0.15, -0.1) is 0 Å². The van der Waals surface area contributed by atoms with Gasteiger partial charge in [0, 0.05) is 23.8 Å². The van der Waals surface area contributed by atoms with Crippen molar-refractivity contribution >= 4 is 17.6 Å². The largest absolute Gasteiger partial charge is 0.452 e. The van der Waals surface area contributed by atoms with Crippen LogP contribution in [0, 0.1) is 12.7 Å². The highest BCUT2D eigenvalue weighted by molar-refractivity contribution is 5.95. The molecule has 132 valence electrons. The number of nitrogens with zero attached hydrogens (tertiary/aromatic N) is 1. The summed E-state index contributed by atoms with van der Waals surface area (Å²) in [7, 11) is 0. The lowest BCUT2D eigenvalue weighted by atomic mass is 10.1. The number of hydrogen-bond donors (Lipinski definition) is 1. The van der Waals surface area contributed by atoms with E-state index in [0.29, 0.717) is 11.3 Å². The minimum absolute atomic E-state index is 0.302. The first-order valence-electron chi connectivity index (χ1n) is 7.99. The Hall–Kier alpha value is -3.41. The Morgan fingerprint density at radius 2 is 1.85 bits per heavy atom. The normalized spacial score (nSPS) is 10.4. The first-order valence-corrected chi connectivity index (χ1v) is 7.99. The SMILES string of the molecule is Cc1ccc(C(=O)OCC(=O)Nc2cccc(F)c2)cc1-n1cccc1. The van der Waals surface area contributed by atoms with Gasteiger partial charge < -0.3 is 14.6 Å². The second-order valence-electron chi connectivity index (χ2n) is 5.73. The second-order valence-corrected chi connectivity index (χ2v) is 5.73. The van der Waals surface area contributed by atoms with Crippen LogP contribution in [-0.2, 0) is 9.53 Å². The molecule has 0 atom stereocenters. The molecule has 3 aromatic rings. The fraction of sp³-hybridized carbons (Fsp3) is 0.100. The molecule has 6 heteroatoms. The summed E-state index contributed by atoms with van der Waals surface area (Å²) in [5.41, 5.74) is 2.50. The molecule has 0 unspecified atom stereocenters. The van der Waals surface area contributed by atoms with Crippen LogP contribution in [0.3, 0.4) is 0 Å². The van der Waals surface area contributed by atoms with Gasteiger partial charge in [-0.1, -0.05) is 12.1 Å². The van der Waals surface area contributed by atoms with E-state index in [1.165, 1.54) is 18.2 Å². The molecule has 26 heavy (non-hydrogen) atoms. The Morgan fingerprint density at radius 3 is 2.58 bits per heavy atom. The number of aromatic nitrogens is 1. The summed E-state index contributed by atoms with van der Waals surface area (Å²) < 4.78 is 20.0. The van der Waals surface area contributed by atoms with Gasteiger partial charge in [-0.2, -0.15) is 0 Å². The van der Waals surface area contributed by atoms with Crippen LogP contribution in [-0.4, -0.2) is 23.1 Å². The molecule has 0 aliphatic heterocycles. The van der Waals surface area contributed by atoms with Gasteiger partial charge in [0.15, 0.2) is 6.61 Å². The summed E-state index contributed by atoms with van der Waals surface area (Å²) in [5.74, 6) is -1.61. The Kier molecular flexibility index (Phi) is 5.12. The number of nitrogens with one attached hydrogen (secondary N) is 1. The van der Waals surface area contributed by atoms with Crippen molar-refractivity contribution in [1.82, 2.24) is 4.57 Å². The monoisotopic (exact) mass is 352 g/mol. The van der Waals surface area contributed by atoms with Crippen LogP contribution in [0.5, 0.6) is 0 Å². The van der Waals surface area contributed by atoms with E-state index < -0.39 is 24.3 Å². The summed E-state index contributed by atoms with van der Waals surface area (Å²) in [6, 6.07) is 14.4. The van der Waals surface area contributed by atoms with Crippen molar-refractivity contribution in [2.75, 3.05) is 11.9 Å². The number of benzene rings is 2. The molecule has 1 heterocycles. The van der Waals surface area contributed by atoms with Gasteiger partial charge in [-0.3, -0.25) is 4.79 Å². The highest BCUT2D eigenvalue weighted by Crippen LogP contribution is 2.17. The molecular weight excluding hydrogens is 335 g/mol. The van der Waals surface area contributed by atoms with Gasteiger partial charge in [-0.05, 0) is 55.0 Å². The molecule has 5 nitrogen and oxygen atoms in total. The number of rotatable bonds is 5. The smallest absolute Gasteiger partial charge is 0.338 e. The topological polar surface area (TPSA) is 60.3 Å². The third-order valence-corrected chi connectivity index (χ3v) is 3.77. The standard InChI is InChI=1S/C20H17FN2O3/c1-14-7-8-15(11-18(14)23-9-2-3-10-23)20(25)26-13-19(24)22-17-6-4-5-16(21)12-17/h2-12H,13H2,1H3,(H,22,24). The van der Waals surface area contributed by atoms with Crippen LogP contribution in [0.2, 0.25) is 0 Å². The molecular formula is C20H17FN2O3. The van der Waals surface area contributed by atoms with Crippen LogP contribution in [0.4, 0.5) is 10.1 Å². The summed E-state index contributed by atoms with van der Waals surface area (Å²) in [5, 5.41) is 2.47. The van der Waals surface area contributed by atoms with Crippen molar-refractivity contribution in [3.63, 3.8) is 0 Å². The third kappa shape index (κ3) is 4.16. The van der Waals surface area contributed by atoms with Crippen molar-refractivity contribution in [3.8, 4) is 5.69 Å². The van der Waals surface area contributed by atoms with Gasteiger partial charge in [0.1, 0.15) is 5.82 Å². The molecule has 1 amide bonds. The number of halogens is 1. The van der Waals surface area contributed by atoms with Crippen molar-refractivity contribution < 1.29 is 18.7 Å². The van der Waals surface area contributed by atoms with Crippen molar-refractivity contribution in [1.29, 1.82) is 0 Å². The minimum Gasteiger partial charge on any atom is -0.452 e. The van der Waals surface area contributed by atoms with E-state index in [4.69, 9.17) is 4.74 Å². The lowest BCUT2D eigenvalue weighted by Crippen LogP contribution is -2.21. The Balaban J connectivity index is 1.63. The quantitative estimate of drug-likeness (QED) is 0.712. The number of esters is 1. The number of amides is 1. The van der Waals surface area contributed by atoms with E-state index in [2.05, 4.69) is 5.32 Å². The molecule has 2 aromatic carbocycles. The Morgan fingerprint density at radius 1 is 1.08 bits per heavy atom. The van der Waals surface area contributed by atoms with Crippen molar-refractivity contribution in [2.45, 2.75) is 6.92 Å². The third-order valence-electron chi connectivity index (χ3n) is 3.77. The molecule has 0 saturated heterocycles. The van der Waals surface area contributed by atoms with Gasteiger partial charge in [-0.25, -0.2) is 9.18 Å². The van der Waals surface area contributed by atoms with Crippen molar-refractivity contribution in [3.05, 3.63) is 83.9 Å². The molecule has 1 N–H and O–H groups in total. The Labute approximate surface area is 150 Å². The zero-order chi connectivity index (χ0) is 18.5. The summed E-state index contributed by atoms with van der Waals surface area (Å²) >= 11 is 0. The maximum absolute atomic E-state index is 13.1. The number of carbonyl (C=O) groups is 2. The first-order chi connectivity index (χ1) is 12.5. The predicted octanol–water partition coefficient (Wildman–Crippen LogP) is 3.72. The van der Waals surface area contributed by atoms with Gasteiger partial charge in [0.25, 0.3) is 5.91 Å². The molecule has 0 aliphatic rings.